The van der Waals surface area contributed by atoms with Crippen LogP contribution in [-0.2, 0) is 11.3 Å². The standard InChI is InChI=1S/C15H20ClN3O/c1-10(16)13-18-11-7-5-6-8-12(11)19(13)9-15(2,3)14(20)17-4/h5-8,10H,9H2,1-4H3,(H,17,20). The van der Waals surface area contributed by atoms with Crippen LogP contribution in [0, 0.1) is 5.41 Å². The van der Waals surface area contributed by atoms with Gasteiger partial charge in [0, 0.05) is 13.6 Å². The molecule has 0 fully saturated rings. The molecule has 2 rings (SSSR count). The molecule has 5 heteroatoms. The van der Waals surface area contributed by atoms with Crippen LogP contribution in [0.15, 0.2) is 24.3 Å². The maximum Gasteiger partial charge on any atom is 0.227 e. The number of hydrogen-bond donors (Lipinski definition) is 1. The van der Waals surface area contributed by atoms with E-state index < -0.39 is 5.41 Å². The molecular formula is C15H20ClN3O. The minimum absolute atomic E-state index is 0.00320. The lowest BCUT2D eigenvalue weighted by Gasteiger charge is -2.25. The van der Waals surface area contributed by atoms with E-state index in [0.29, 0.717) is 6.54 Å². The fraction of sp³-hybridized carbons (Fsp3) is 0.467. The molecule has 20 heavy (non-hydrogen) atoms. The average Bonchev–Trinajstić information content (AvgIpc) is 2.76. The topological polar surface area (TPSA) is 46.9 Å². The first-order chi connectivity index (χ1) is 9.36. The van der Waals surface area contributed by atoms with Gasteiger partial charge in [-0.05, 0) is 32.9 Å². The van der Waals surface area contributed by atoms with Crippen LogP contribution in [0.2, 0.25) is 0 Å². The summed E-state index contributed by atoms with van der Waals surface area (Å²) in [5, 5.41) is 2.50. The van der Waals surface area contributed by atoms with Gasteiger partial charge >= 0.3 is 0 Å². The van der Waals surface area contributed by atoms with Crippen molar-refractivity contribution < 1.29 is 4.79 Å². The third-order valence-electron chi connectivity index (χ3n) is 3.44. The van der Waals surface area contributed by atoms with E-state index in [4.69, 9.17) is 11.6 Å². The molecular weight excluding hydrogens is 274 g/mol. The Kier molecular flexibility index (Phi) is 4.04. The summed E-state index contributed by atoms with van der Waals surface area (Å²) in [6.45, 7) is 6.28. The molecule has 0 aliphatic heterocycles. The van der Waals surface area contributed by atoms with Gasteiger partial charge in [0.25, 0.3) is 0 Å². The van der Waals surface area contributed by atoms with Crippen molar-refractivity contribution in [3.8, 4) is 0 Å². The Morgan fingerprint density at radius 1 is 1.45 bits per heavy atom. The smallest absolute Gasteiger partial charge is 0.227 e. The van der Waals surface area contributed by atoms with Gasteiger partial charge in [-0.1, -0.05) is 12.1 Å². The summed E-state index contributed by atoms with van der Waals surface area (Å²) in [5.74, 6) is 0.799. The highest BCUT2D eigenvalue weighted by Gasteiger charge is 2.29. The average molecular weight is 294 g/mol. The molecule has 1 N–H and O–H groups in total. The van der Waals surface area contributed by atoms with Gasteiger partial charge < -0.3 is 9.88 Å². The summed E-state index contributed by atoms with van der Waals surface area (Å²) in [4.78, 5) is 16.6. The number of carbonyl (C=O) groups excluding carboxylic acids is 1. The third-order valence-corrected chi connectivity index (χ3v) is 3.63. The van der Waals surface area contributed by atoms with Gasteiger partial charge in [-0.2, -0.15) is 0 Å². The van der Waals surface area contributed by atoms with Crippen molar-refractivity contribution in [3.05, 3.63) is 30.1 Å². The molecule has 1 amide bonds. The number of benzene rings is 1. The van der Waals surface area contributed by atoms with Gasteiger partial charge in [-0.25, -0.2) is 4.98 Å². The molecule has 4 nitrogen and oxygen atoms in total. The van der Waals surface area contributed by atoms with E-state index in [1.165, 1.54) is 0 Å². The molecule has 0 bridgehead atoms. The summed E-state index contributed by atoms with van der Waals surface area (Å²) in [7, 11) is 1.65. The predicted molar refractivity (Wildman–Crippen MR) is 81.8 cm³/mol. The van der Waals surface area contributed by atoms with Crippen LogP contribution in [0.3, 0.4) is 0 Å². The monoisotopic (exact) mass is 293 g/mol. The Labute approximate surface area is 124 Å². The van der Waals surface area contributed by atoms with Crippen molar-refractivity contribution in [2.24, 2.45) is 5.41 Å². The number of rotatable bonds is 4. The van der Waals surface area contributed by atoms with Gasteiger partial charge in [-0.15, -0.1) is 11.6 Å². The van der Waals surface area contributed by atoms with Crippen molar-refractivity contribution in [2.45, 2.75) is 32.7 Å². The van der Waals surface area contributed by atoms with E-state index in [1.807, 2.05) is 49.6 Å². The van der Waals surface area contributed by atoms with Crippen LogP contribution in [0.5, 0.6) is 0 Å². The second-order valence-electron chi connectivity index (χ2n) is 5.62. The third kappa shape index (κ3) is 2.66. The van der Waals surface area contributed by atoms with Crippen LogP contribution in [0.25, 0.3) is 11.0 Å². The second-order valence-corrected chi connectivity index (χ2v) is 6.28. The summed E-state index contributed by atoms with van der Waals surface area (Å²) in [5.41, 5.74) is 1.38. The maximum atomic E-state index is 12.0. The van der Waals surface area contributed by atoms with Crippen molar-refractivity contribution in [1.29, 1.82) is 0 Å². The first-order valence-electron chi connectivity index (χ1n) is 6.68. The number of alkyl halides is 1. The first kappa shape index (κ1) is 14.9. The number of nitrogens with zero attached hydrogens (tertiary/aromatic N) is 2. The van der Waals surface area contributed by atoms with Crippen LogP contribution in [0.4, 0.5) is 0 Å². The van der Waals surface area contributed by atoms with Gasteiger partial charge in [0.05, 0.1) is 21.8 Å². The molecule has 1 aromatic heterocycles. The Bertz CT molecular complexity index is 631. The zero-order valence-electron chi connectivity index (χ0n) is 12.3. The van der Waals surface area contributed by atoms with E-state index in [9.17, 15) is 4.79 Å². The highest BCUT2D eigenvalue weighted by atomic mass is 35.5. The molecule has 108 valence electrons. The van der Waals surface area contributed by atoms with Crippen LogP contribution >= 0.6 is 11.6 Å². The molecule has 1 unspecified atom stereocenters. The number of nitrogens with one attached hydrogen (secondary N) is 1. The SMILES string of the molecule is CNC(=O)C(C)(C)Cn1c(C(C)Cl)nc2ccccc21. The molecule has 2 aromatic rings. The zero-order valence-corrected chi connectivity index (χ0v) is 13.0. The normalized spacial score (nSPS) is 13.4. The minimum Gasteiger partial charge on any atom is -0.359 e. The summed E-state index contributed by atoms with van der Waals surface area (Å²) in [6.07, 6.45) is 0. The molecule has 0 radical (unpaired) electrons. The number of imidazole rings is 1. The minimum atomic E-state index is -0.529. The molecule has 1 aromatic carbocycles. The molecule has 0 aliphatic carbocycles. The van der Waals surface area contributed by atoms with E-state index >= 15 is 0 Å². The van der Waals surface area contributed by atoms with Gasteiger partial charge in [-0.3, -0.25) is 4.79 Å². The Morgan fingerprint density at radius 3 is 2.70 bits per heavy atom. The lowest BCUT2D eigenvalue weighted by atomic mass is 9.92. The number of aromatic nitrogens is 2. The van der Waals surface area contributed by atoms with Gasteiger partial charge in [0.2, 0.25) is 5.91 Å². The van der Waals surface area contributed by atoms with Crippen LogP contribution < -0.4 is 5.32 Å². The Balaban J connectivity index is 2.52. The van der Waals surface area contributed by atoms with Crippen molar-refractivity contribution in [3.63, 3.8) is 0 Å². The van der Waals surface area contributed by atoms with E-state index in [-0.39, 0.29) is 11.3 Å². The molecule has 0 spiro atoms. The molecule has 1 atom stereocenters. The Morgan fingerprint density at radius 2 is 2.10 bits per heavy atom. The fourth-order valence-electron chi connectivity index (χ4n) is 2.37. The van der Waals surface area contributed by atoms with Crippen molar-refractivity contribution in [2.75, 3.05) is 7.05 Å². The zero-order chi connectivity index (χ0) is 14.9. The van der Waals surface area contributed by atoms with E-state index in [1.54, 1.807) is 7.05 Å². The van der Waals surface area contributed by atoms with Crippen molar-refractivity contribution >= 4 is 28.5 Å². The summed E-state index contributed by atoms with van der Waals surface area (Å²) >= 11 is 6.24. The number of amides is 1. The van der Waals surface area contributed by atoms with Gasteiger partial charge in [0.15, 0.2) is 0 Å². The molecule has 1 heterocycles. The first-order valence-corrected chi connectivity index (χ1v) is 7.12. The van der Waals surface area contributed by atoms with Crippen LogP contribution in [0.1, 0.15) is 32.0 Å². The second kappa shape index (κ2) is 5.44. The van der Waals surface area contributed by atoms with Gasteiger partial charge in [0.1, 0.15) is 5.82 Å². The number of hydrogen-bond acceptors (Lipinski definition) is 2. The van der Waals surface area contributed by atoms with E-state index in [0.717, 1.165) is 16.9 Å². The molecule has 0 saturated carbocycles. The summed E-state index contributed by atoms with van der Waals surface area (Å²) in [6, 6.07) is 7.88. The lowest BCUT2D eigenvalue weighted by molar-refractivity contribution is -0.129. The molecule has 0 saturated heterocycles. The quantitative estimate of drug-likeness (QED) is 0.881. The lowest BCUT2D eigenvalue weighted by Crippen LogP contribution is -2.38. The Hall–Kier alpha value is -1.55. The summed E-state index contributed by atoms with van der Waals surface area (Å²) < 4.78 is 2.04. The largest absolute Gasteiger partial charge is 0.359 e. The highest BCUT2D eigenvalue weighted by Crippen LogP contribution is 2.28. The number of para-hydroxylation sites is 2. The number of fused-ring (bicyclic) bond motifs is 1. The van der Waals surface area contributed by atoms with E-state index in [2.05, 4.69) is 10.3 Å². The molecule has 0 aliphatic rings. The van der Waals surface area contributed by atoms with Crippen molar-refractivity contribution in [1.82, 2.24) is 14.9 Å². The number of carbonyl (C=O) groups is 1. The highest BCUT2D eigenvalue weighted by molar-refractivity contribution is 6.20. The van der Waals surface area contributed by atoms with Crippen LogP contribution in [-0.4, -0.2) is 22.5 Å². The number of halogens is 1. The predicted octanol–water partition coefficient (Wildman–Crippen LogP) is 3.11. The maximum absolute atomic E-state index is 12.0. The fourth-order valence-corrected chi connectivity index (χ4v) is 2.54.